The molecule has 45 heavy (non-hydrogen) atoms. The van der Waals surface area contributed by atoms with Gasteiger partial charge in [0.1, 0.15) is 12.4 Å². The number of hydrogen-bond donors (Lipinski definition) is 3. The molecule has 0 unspecified atom stereocenters. The molecule has 1 heterocycles. The van der Waals surface area contributed by atoms with Crippen molar-refractivity contribution in [3.05, 3.63) is 96.0 Å². The fourth-order valence-corrected chi connectivity index (χ4v) is 5.96. The molecule has 0 bridgehead atoms. The molecule has 1 aliphatic rings. The summed E-state index contributed by atoms with van der Waals surface area (Å²) in [4.78, 5) is 37.4. The number of nitrogens with zero attached hydrogens (tertiary/aromatic N) is 1. The van der Waals surface area contributed by atoms with E-state index in [1.54, 1.807) is 32.0 Å². The van der Waals surface area contributed by atoms with Crippen molar-refractivity contribution in [3.8, 4) is 17.2 Å². The van der Waals surface area contributed by atoms with Crippen LogP contribution in [0.1, 0.15) is 36.6 Å². The van der Waals surface area contributed by atoms with Gasteiger partial charge in [-0.1, -0.05) is 50.1 Å². The number of nitrogens with one attached hydrogen (secondary N) is 3. The van der Waals surface area contributed by atoms with E-state index in [0.717, 1.165) is 14.5 Å². The Morgan fingerprint density at radius 2 is 1.76 bits per heavy atom. The maximum absolute atomic E-state index is 12.6. The van der Waals surface area contributed by atoms with E-state index < -0.39 is 23.9 Å². The van der Waals surface area contributed by atoms with Crippen LogP contribution < -0.4 is 30.3 Å². The molecule has 4 rings (SSSR count). The Hall–Kier alpha value is -3.88. The predicted octanol–water partition coefficient (Wildman–Crippen LogP) is 6.28. The summed E-state index contributed by atoms with van der Waals surface area (Å²) >= 11 is 10.4. The molecule has 14 heteroatoms. The molecule has 236 valence electrons. The van der Waals surface area contributed by atoms with Gasteiger partial charge in [-0.15, -0.1) is 0 Å². The number of rotatable bonds is 12. The average molecular weight is 809 g/mol. The number of hydrogen-bond acceptors (Lipinski definition) is 8. The lowest BCUT2D eigenvalue weighted by Gasteiger charge is -2.28. The van der Waals surface area contributed by atoms with Crippen molar-refractivity contribution in [1.29, 1.82) is 0 Å². The van der Waals surface area contributed by atoms with Gasteiger partial charge in [-0.05, 0) is 77.3 Å². The summed E-state index contributed by atoms with van der Waals surface area (Å²) in [5.74, 6) is 0.0592. The number of esters is 1. The van der Waals surface area contributed by atoms with Gasteiger partial charge in [-0.2, -0.15) is 5.10 Å². The van der Waals surface area contributed by atoms with E-state index in [9.17, 15) is 14.4 Å². The first-order valence-corrected chi connectivity index (χ1v) is 15.9. The van der Waals surface area contributed by atoms with E-state index in [1.807, 2.05) is 36.4 Å². The first-order chi connectivity index (χ1) is 21.6. The SMILES string of the molecule is CCOC(=O)C1=C(C)NC(=O)N[C@H]1c1ccc(OCC(=O)N/N=C/c2cc(Br)cc(Br)c2OCc2ccc(Br)cc2)c(OC)c1. The number of halogens is 3. The number of hydrazone groups is 1. The number of benzene rings is 3. The molecule has 0 saturated heterocycles. The molecule has 0 fully saturated rings. The smallest absolute Gasteiger partial charge is 0.338 e. The van der Waals surface area contributed by atoms with E-state index in [0.29, 0.717) is 39.4 Å². The lowest BCUT2D eigenvalue weighted by atomic mass is 9.95. The Bertz CT molecular complexity index is 1640. The summed E-state index contributed by atoms with van der Waals surface area (Å²) in [6, 6.07) is 15.1. The molecular weight excluding hydrogens is 780 g/mol. The lowest BCUT2D eigenvalue weighted by Crippen LogP contribution is -2.45. The third-order valence-corrected chi connectivity index (χ3v) is 7.95. The standard InChI is InChI=1S/C31H29Br3N4O7/c1-4-43-30(40)27-17(2)36-31(41)37-28(27)19-7-10-24(25(12-19)42-3)44-16-26(39)38-35-14-20-11-22(33)13-23(34)29(20)45-15-18-5-8-21(32)9-6-18/h5-14,28H,4,15-16H2,1-3H3,(H,38,39)(H2,36,37,41)/b35-14+/t28-/m0/s1. The summed E-state index contributed by atoms with van der Waals surface area (Å²) in [5.41, 5.74) is 5.27. The first kappa shape index (κ1) is 34.0. The summed E-state index contributed by atoms with van der Waals surface area (Å²) < 4.78 is 24.9. The molecule has 0 saturated carbocycles. The lowest BCUT2D eigenvalue weighted by molar-refractivity contribution is -0.139. The van der Waals surface area contributed by atoms with Gasteiger partial charge in [0.25, 0.3) is 5.91 Å². The maximum Gasteiger partial charge on any atom is 0.338 e. The molecule has 11 nitrogen and oxygen atoms in total. The highest BCUT2D eigenvalue weighted by atomic mass is 79.9. The molecule has 0 aromatic heterocycles. The second-order valence-electron chi connectivity index (χ2n) is 9.50. The van der Waals surface area contributed by atoms with Crippen LogP contribution in [0.5, 0.6) is 17.2 Å². The van der Waals surface area contributed by atoms with Gasteiger partial charge < -0.3 is 29.6 Å². The molecule has 3 aromatic carbocycles. The van der Waals surface area contributed by atoms with Crippen LogP contribution in [0.4, 0.5) is 4.79 Å². The third-order valence-electron chi connectivity index (χ3n) is 6.37. The van der Waals surface area contributed by atoms with E-state index in [2.05, 4.69) is 69.0 Å². The number of allylic oxidation sites excluding steroid dienone is 1. The number of methoxy groups -OCH3 is 1. The molecule has 3 N–H and O–H groups in total. The quantitative estimate of drug-likeness (QED) is 0.111. The molecule has 3 aromatic rings. The normalized spacial score (nSPS) is 14.4. The van der Waals surface area contributed by atoms with Gasteiger partial charge in [0, 0.05) is 20.2 Å². The minimum atomic E-state index is -0.778. The summed E-state index contributed by atoms with van der Waals surface area (Å²) in [6.45, 7) is 3.48. The van der Waals surface area contributed by atoms with Crippen LogP contribution in [0.15, 0.2) is 84.4 Å². The number of amides is 3. The van der Waals surface area contributed by atoms with Crippen LogP contribution >= 0.6 is 47.8 Å². The predicted molar refractivity (Wildman–Crippen MR) is 178 cm³/mol. The Morgan fingerprint density at radius 1 is 1.00 bits per heavy atom. The number of urea groups is 1. The van der Waals surface area contributed by atoms with Gasteiger partial charge >= 0.3 is 12.0 Å². The van der Waals surface area contributed by atoms with Gasteiger partial charge in [-0.3, -0.25) is 4.79 Å². The number of carbonyl (C=O) groups is 3. The van der Waals surface area contributed by atoms with Crippen LogP contribution in [0.2, 0.25) is 0 Å². The van der Waals surface area contributed by atoms with Crippen molar-refractivity contribution in [2.24, 2.45) is 5.10 Å². The van der Waals surface area contributed by atoms with Gasteiger partial charge in [0.05, 0.1) is 36.0 Å². The van der Waals surface area contributed by atoms with E-state index in [-0.39, 0.29) is 24.5 Å². The van der Waals surface area contributed by atoms with Crippen molar-refractivity contribution >= 4 is 71.9 Å². The molecule has 1 aliphatic heterocycles. The highest BCUT2D eigenvalue weighted by molar-refractivity contribution is 9.11. The van der Waals surface area contributed by atoms with Crippen LogP contribution in [0.3, 0.4) is 0 Å². The second kappa shape index (κ2) is 15.9. The van der Waals surface area contributed by atoms with Crippen molar-refractivity contribution in [1.82, 2.24) is 16.1 Å². The van der Waals surface area contributed by atoms with Crippen molar-refractivity contribution in [3.63, 3.8) is 0 Å². The molecule has 1 atom stereocenters. The van der Waals surface area contributed by atoms with Crippen LogP contribution in [-0.2, 0) is 20.9 Å². The molecular formula is C31H29Br3N4O7. The van der Waals surface area contributed by atoms with Crippen LogP contribution in [0.25, 0.3) is 0 Å². The fourth-order valence-electron chi connectivity index (χ4n) is 4.32. The van der Waals surface area contributed by atoms with E-state index in [4.69, 9.17) is 18.9 Å². The van der Waals surface area contributed by atoms with Crippen molar-refractivity contribution in [2.75, 3.05) is 20.3 Å². The zero-order chi connectivity index (χ0) is 32.5. The van der Waals surface area contributed by atoms with Crippen LogP contribution in [0, 0.1) is 0 Å². The Kier molecular flexibility index (Phi) is 12.0. The molecule has 0 aliphatic carbocycles. The van der Waals surface area contributed by atoms with Gasteiger partial charge in [0.2, 0.25) is 0 Å². The van der Waals surface area contributed by atoms with E-state index >= 15 is 0 Å². The topological polar surface area (TPSA) is 137 Å². The monoisotopic (exact) mass is 806 g/mol. The Morgan fingerprint density at radius 3 is 2.47 bits per heavy atom. The minimum absolute atomic E-state index is 0.181. The largest absolute Gasteiger partial charge is 0.493 e. The second-order valence-corrected chi connectivity index (χ2v) is 12.2. The Labute approximate surface area is 285 Å². The number of ether oxygens (including phenoxy) is 4. The summed E-state index contributed by atoms with van der Waals surface area (Å²) in [5, 5.41) is 9.41. The molecule has 0 spiro atoms. The molecule has 3 amide bonds. The Balaban J connectivity index is 1.41. The summed E-state index contributed by atoms with van der Waals surface area (Å²) in [6.07, 6.45) is 1.48. The fraction of sp³-hybridized carbons (Fsp3) is 0.226. The van der Waals surface area contributed by atoms with Crippen molar-refractivity contribution < 1.29 is 33.3 Å². The zero-order valence-corrected chi connectivity index (χ0v) is 29.2. The minimum Gasteiger partial charge on any atom is -0.493 e. The van der Waals surface area contributed by atoms with E-state index in [1.165, 1.54) is 13.3 Å². The first-order valence-electron chi connectivity index (χ1n) is 13.5. The highest BCUT2D eigenvalue weighted by Gasteiger charge is 2.32. The van der Waals surface area contributed by atoms with Gasteiger partial charge in [0.15, 0.2) is 18.1 Å². The van der Waals surface area contributed by atoms with Gasteiger partial charge in [-0.25, -0.2) is 15.0 Å². The van der Waals surface area contributed by atoms with Crippen LogP contribution in [-0.4, -0.2) is 44.4 Å². The van der Waals surface area contributed by atoms with Crippen molar-refractivity contribution in [2.45, 2.75) is 26.5 Å². The highest BCUT2D eigenvalue weighted by Crippen LogP contribution is 2.35. The molecule has 0 radical (unpaired) electrons. The average Bonchev–Trinajstić information content (AvgIpc) is 3.00. The third kappa shape index (κ3) is 9.08. The number of carbonyl (C=O) groups excluding carboxylic acids is 3. The maximum atomic E-state index is 12.6. The zero-order valence-electron chi connectivity index (χ0n) is 24.4. The summed E-state index contributed by atoms with van der Waals surface area (Å²) in [7, 11) is 1.44.